The molecule has 394 valence electrons. The molecule has 1 atom stereocenters. The van der Waals surface area contributed by atoms with Crippen molar-refractivity contribution in [3.8, 4) is 0 Å². The molecule has 0 aromatic rings. The van der Waals surface area contributed by atoms with Crippen LogP contribution in [0, 0.1) is 0 Å². The van der Waals surface area contributed by atoms with Crippen molar-refractivity contribution in [1.82, 2.24) is 0 Å². The van der Waals surface area contributed by atoms with Gasteiger partial charge in [0.25, 0.3) is 0 Å². The molecule has 0 radical (unpaired) electrons. The first-order valence-electron chi connectivity index (χ1n) is 29.8. The zero-order valence-corrected chi connectivity index (χ0v) is 45.2. The third-order valence-corrected chi connectivity index (χ3v) is 13.4. The number of carbonyl (C=O) groups is 3. The molecule has 0 bridgehead atoms. The van der Waals surface area contributed by atoms with E-state index in [1.807, 2.05) is 0 Å². The van der Waals surface area contributed by atoms with E-state index in [9.17, 15) is 14.4 Å². The van der Waals surface area contributed by atoms with Crippen molar-refractivity contribution in [3.63, 3.8) is 0 Å². The Labute approximate surface area is 417 Å². The number of hydrogen-bond donors (Lipinski definition) is 0. The topological polar surface area (TPSA) is 78.9 Å². The number of carbonyl (C=O) groups excluding carboxylic acids is 3. The molecule has 0 saturated heterocycles. The average Bonchev–Trinajstić information content (AvgIpc) is 3.33. The highest BCUT2D eigenvalue weighted by Crippen LogP contribution is 2.17. The summed E-state index contributed by atoms with van der Waals surface area (Å²) in [7, 11) is 0. The summed E-state index contributed by atoms with van der Waals surface area (Å²) >= 11 is 0. The molecule has 0 aromatic carbocycles. The van der Waals surface area contributed by atoms with E-state index in [4.69, 9.17) is 14.2 Å². The second-order valence-electron chi connectivity index (χ2n) is 20.3. The zero-order valence-electron chi connectivity index (χ0n) is 45.2. The summed E-state index contributed by atoms with van der Waals surface area (Å²) in [5, 5.41) is 0. The van der Waals surface area contributed by atoms with Crippen molar-refractivity contribution >= 4 is 17.9 Å². The third-order valence-electron chi connectivity index (χ3n) is 13.4. The Morgan fingerprint density at radius 1 is 0.284 bits per heavy atom. The molecular formula is C61H114O6. The van der Waals surface area contributed by atoms with Gasteiger partial charge in [-0.3, -0.25) is 14.4 Å². The van der Waals surface area contributed by atoms with Crippen LogP contribution in [0.2, 0.25) is 0 Å². The van der Waals surface area contributed by atoms with Gasteiger partial charge >= 0.3 is 17.9 Å². The zero-order chi connectivity index (χ0) is 48.6. The molecule has 0 amide bonds. The van der Waals surface area contributed by atoms with Gasteiger partial charge in [-0.1, -0.05) is 263 Å². The molecule has 0 aliphatic carbocycles. The summed E-state index contributed by atoms with van der Waals surface area (Å²) in [6.07, 6.45) is 66.0. The normalized spacial score (nSPS) is 12.1. The van der Waals surface area contributed by atoms with Crippen molar-refractivity contribution < 1.29 is 28.6 Å². The average molecular weight is 944 g/mol. The first-order chi connectivity index (χ1) is 33.0. The van der Waals surface area contributed by atoms with Gasteiger partial charge in [0, 0.05) is 19.3 Å². The Bertz CT molecular complexity index is 1080. The third kappa shape index (κ3) is 54.7. The molecule has 67 heavy (non-hydrogen) atoms. The quantitative estimate of drug-likeness (QED) is 0.0262. The maximum absolute atomic E-state index is 12.9. The van der Waals surface area contributed by atoms with Crippen LogP contribution >= 0.6 is 0 Å². The summed E-state index contributed by atoms with van der Waals surface area (Å²) in [5.41, 5.74) is 0. The number of rotatable bonds is 55. The summed E-state index contributed by atoms with van der Waals surface area (Å²) in [4.78, 5) is 38.2. The van der Waals surface area contributed by atoms with Crippen molar-refractivity contribution in [2.24, 2.45) is 0 Å². The fraction of sp³-hybridized carbons (Fsp3) is 0.885. The Morgan fingerprint density at radius 2 is 0.493 bits per heavy atom. The van der Waals surface area contributed by atoms with Crippen molar-refractivity contribution in [1.29, 1.82) is 0 Å². The van der Waals surface area contributed by atoms with Crippen molar-refractivity contribution in [2.45, 2.75) is 335 Å². The SMILES string of the molecule is CCCCCCCC/C=C\CCCCCCCC(=O)OCC(COC(=O)CCCCCCCCCCCCCCCCCCCC)OC(=O)CCCCCCC/C=C\CCCCCCCCC. The minimum atomic E-state index is -0.775. The molecule has 6 heteroatoms. The lowest BCUT2D eigenvalue weighted by Gasteiger charge is -2.18. The summed E-state index contributed by atoms with van der Waals surface area (Å²) < 4.78 is 16.9. The molecule has 0 fully saturated rings. The Balaban J connectivity index is 4.34. The van der Waals surface area contributed by atoms with E-state index in [1.54, 1.807) is 0 Å². The summed E-state index contributed by atoms with van der Waals surface area (Å²) in [5.74, 6) is -0.868. The van der Waals surface area contributed by atoms with E-state index >= 15 is 0 Å². The lowest BCUT2D eigenvalue weighted by atomic mass is 10.0. The number of ether oxygens (including phenoxy) is 3. The Morgan fingerprint density at radius 3 is 0.746 bits per heavy atom. The van der Waals surface area contributed by atoms with E-state index < -0.39 is 6.10 Å². The number of allylic oxidation sites excluding steroid dienone is 4. The highest BCUT2D eigenvalue weighted by atomic mass is 16.6. The molecule has 0 spiro atoms. The fourth-order valence-electron chi connectivity index (χ4n) is 8.91. The lowest BCUT2D eigenvalue weighted by molar-refractivity contribution is -0.167. The molecule has 0 N–H and O–H groups in total. The van der Waals surface area contributed by atoms with Gasteiger partial charge in [-0.15, -0.1) is 0 Å². The second-order valence-corrected chi connectivity index (χ2v) is 20.3. The highest BCUT2D eigenvalue weighted by molar-refractivity contribution is 5.71. The monoisotopic (exact) mass is 943 g/mol. The molecule has 0 heterocycles. The van der Waals surface area contributed by atoms with Gasteiger partial charge in [-0.05, 0) is 70.6 Å². The van der Waals surface area contributed by atoms with Crippen molar-refractivity contribution in [3.05, 3.63) is 24.3 Å². The van der Waals surface area contributed by atoms with Gasteiger partial charge in [-0.25, -0.2) is 0 Å². The van der Waals surface area contributed by atoms with Gasteiger partial charge in [-0.2, -0.15) is 0 Å². The summed E-state index contributed by atoms with van der Waals surface area (Å²) in [6, 6.07) is 0. The molecule has 0 aromatic heterocycles. The molecular weight excluding hydrogens is 829 g/mol. The first kappa shape index (κ1) is 64.9. The summed E-state index contributed by atoms with van der Waals surface area (Å²) in [6.45, 7) is 6.67. The van der Waals surface area contributed by atoms with Gasteiger partial charge in [0.05, 0.1) is 0 Å². The number of unbranched alkanes of at least 4 members (excludes halogenated alkanes) is 40. The van der Waals surface area contributed by atoms with Crippen LogP contribution in [0.1, 0.15) is 329 Å². The van der Waals surface area contributed by atoms with Crippen LogP contribution in [0.25, 0.3) is 0 Å². The van der Waals surface area contributed by atoms with Crippen molar-refractivity contribution in [2.75, 3.05) is 13.2 Å². The van der Waals surface area contributed by atoms with Crippen LogP contribution in [-0.4, -0.2) is 37.2 Å². The predicted octanol–water partition coefficient (Wildman–Crippen LogP) is 19.9. The Kier molecular flexibility index (Phi) is 54.7. The molecule has 0 saturated carbocycles. The van der Waals surface area contributed by atoms with Crippen LogP contribution in [0.15, 0.2) is 24.3 Å². The minimum absolute atomic E-state index is 0.0726. The van der Waals surface area contributed by atoms with Gasteiger partial charge < -0.3 is 14.2 Å². The smallest absolute Gasteiger partial charge is 0.306 e. The lowest BCUT2D eigenvalue weighted by Crippen LogP contribution is -2.30. The van der Waals surface area contributed by atoms with E-state index in [0.29, 0.717) is 19.3 Å². The van der Waals surface area contributed by atoms with E-state index in [1.165, 1.54) is 218 Å². The van der Waals surface area contributed by atoms with E-state index in [-0.39, 0.29) is 31.1 Å². The largest absolute Gasteiger partial charge is 0.462 e. The van der Waals surface area contributed by atoms with Crippen LogP contribution in [0.4, 0.5) is 0 Å². The first-order valence-corrected chi connectivity index (χ1v) is 29.8. The molecule has 1 unspecified atom stereocenters. The van der Waals surface area contributed by atoms with Gasteiger partial charge in [0.15, 0.2) is 6.10 Å². The second kappa shape index (κ2) is 56.5. The molecule has 0 aliphatic rings. The standard InChI is InChI=1S/C61H114O6/c1-4-7-10-13-16-19-22-25-28-30-31-34-36-39-42-45-48-51-54-60(63)66-57-58(56-65-59(62)53-50-47-44-41-38-35-32-27-24-21-18-15-12-9-6-3)67-61(64)55-52-49-46-43-40-37-33-29-26-23-20-17-14-11-8-5-2/h27,29,32-33,58H,4-26,28,30-31,34-57H2,1-3H3/b32-27-,33-29-. The fourth-order valence-corrected chi connectivity index (χ4v) is 8.91. The minimum Gasteiger partial charge on any atom is -0.462 e. The molecule has 6 nitrogen and oxygen atoms in total. The van der Waals surface area contributed by atoms with Crippen LogP contribution in [0.3, 0.4) is 0 Å². The number of hydrogen-bond acceptors (Lipinski definition) is 6. The van der Waals surface area contributed by atoms with Gasteiger partial charge in [0.1, 0.15) is 13.2 Å². The van der Waals surface area contributed by atoms with E-state index in [2.05, 4.69) is 45.1 Å². The molecule has 0 aliphatic heterocycles. The van der Waals surface area contributed by atoms with Crippen LogP contribution < -0.4 is 0 Å². The van der Waals surface area contributed by atoms with E-state index in [0.717, 1.165) is 70.6 Å². The maximum Gasteiger partial charge on any atom is 0.306 e. The van der Waals surface area contributed by atoms with Gasteiger partial charge in [0.2, 0.25) is 0 Å². The Hall–Kier alpha value is -2.11. The van der Waals surface area contributed by atoms with Crippen LogP contribution in [-0.2, 0) is 28.6 Å². The maximum atomic E-state index is 12.9. The van der Waals surface area contributed by atoms with Crippen LogP contribution in [0.5, 0.6) is 0 Å². The predicted molar refractivity (Wildman–Crippen MR) is 289 cm³/mol. The number of esters is 3. The highest BCUT2D eigenvalue weighted by Gasteiger charge is 2.19. The molecule has 0 rings (SSSR count).